The van der Waals surface area contributed by atoms with Crippen LogP contribution < -0.4 is 0 Å². The molecule has 0 aromatic carbocycles. The standard InChI is InChI=1S/C10H12N2/c11-9-7-5-3-1-2-4-6-8-10-12/h1-5,7H2. The highest BCUT2D eigenvalue weighted by atomic mass is 14.2. The van der Waals surface area contributed by atoms with Gasteiger partial charge in [0, 0.05) is 18.8 Å². The summed E-state index contributed by atoms with van der Waals surface area (Å²) in [6.45, 7) is 0. The Hall–Kier alpha value is -1.46. The van der Waals surface area contributed by atoms with Gasteiger partial charge in [-0.05, 0) is 12.8 Å². The van der Waals surface area contributed by atoms with Crippen molar-refractivity contribution in [1.82, 2.24) is 0 Å². The van der Waals surface area contributed by atoms with Crippen LogP contribution in [0.1, 0.15) is 38.5 Å². The van der Waals surface area contributed by atoms with Crippen molar-refractivity contribution in [2.75, 3.05) is 0 Å². The lowest BCUT2D eigenvalue weighted by atomic mass is 10.1. The fraction of sp³-hybridized carbons (Fsp3) is 0.600. The molecule has 2 nitrogen and oxygen atoms in total. The van der Waals surface area contributed by atoms with Gasteiger partial charge in [0.05, 0.1) is 6.07 Å². The lowest BCUT2D eigenvalue weighted by molar-refractivity contribution is 0.659. The number of hydrogen-bond donors (Lipinski definition) is 0. The zero-order chi connectivity index (χ0) is 9.07. The first-order valence-corrected chi connectivity index (χ1v) is 4.15. The first-order valence-electron chi connectivity index (χ1n) is 4.15. The minimum Gasteiger partial charge on any atom is -0.198 e. The molecule has 0 spiro atoms. The van der Waals surface area contributed by atoms with Gasteiger partial charge in [-0.1, -0.05) is 18.8 Å². The van der Waals surface area contributed by atoms with Crippen LogP contribution in [-0.4, -0.2) is 0 Å². The SMILES string of the molecule is N#CC#CCCCCCCC#N. The van der Waals surface area contributed by atoms with E-state index in [-0.39, 0.29) is 0 Å². The summed E-state index contributed by atoms with van der Waals surface area (Å²) in [5.74, 6) is 5.10. The molecule has 0 aliphatic carbocycles. The van der Waals surface area contributed by atoms with Gasteiger partial charge >= 0.3 is 0 Å². The summed E-state index contributed by atoms with van der Waals surface area (Å²) in [6.07, 6.45) is 5.70. The number of unbranched alkanes of at least 4 members (excludes halogenated alkanes) is 5. The van der Waals surface area contributed by atoms with Crippen LogP contribution in [0, 0.1) is 34.5 Å². The van der Waals surface area contributed by atoms with Crippen molar-refractivity contribution in [3.05, 3.63) is 0 Å². The van der Waals surface area contributed by atoms with E-state index < -0.39 is 0 Å². The van der Waals surface area contributed by atoms with Gasteiger partial charge in [-0.3, -0.25) is 0 Å². The van der Waals surface area contributed by atoms with E-state index in [0.717, 1.165) is 32.1 Å². The Kier molecular flexibility index (Phi) is 8.38. The predicted octanol–water partition coefficient (Wildman–Crippen LogP) is 2.38. The van der Waals surface area contributed by atoms with E-state index in [9.17, 15) is 0 Å². The second-order valence-corrected chi connectivity index (χ2v) is 2.49. The van der Waals surface area contributed by atoms with Gasteiger partial charge in [0.25, 0.3) is 0 Å². The quantitative estimate of drug-likeness (QED) is 0.458. The van der Waals surface area contributed by atoms with Gasteiger partial charge in [0.15, 0.2) is 6.07 Å². The topological polar surface area (TPSA) is 47.6 Å². The molecule has 0 bridgehead atoms. The minimum absolute atomic E-state index is 0.657. The third-order valence-corrected chi connectivity index (χ3v) is 1.48. The summed E-state index contributed by atoms with van der Waals surface area (Å²) in [5, 5.41) is 16.3. The van der Waals surface area contributed by atoms with Gasteiger partial charge in [-0.25, -0.2) is 0 Å². The van der Waals surface area contributed by atoms with Crippen LogP contribution in [0.25, 0.3) is 0 Å². The number of nitrogens with zero attached hydrogens (tertiary/aromatic N) is 2. The van der Waals surface area contributed by atoms with Crippen molar-refractivity contribution in [2.24, 2.45) is 0 Å². The maximum atomic E-state index is 8.23. The summed E-state index contributed by atoms with van der Waals surface area (Å²) in [6, 6.07) is 3.88. The van der Waals surface area contributed by atoms with Crippen LogP contribution in [0.4, 0.5) is 0 Å². The maximum Gasteiger partial charge on any atom is 0.152 e. The predicted molar refractivity (Wildman–Crippen MR) is 46.7 cm³/mol. The molecule has 2 heteroatoms. The molecule has 0 heterocycles. The first-order chi connectivity index (χ1) is 5.91. The number of nitriles is 2. The summed E-state index contributed by atoms with van der Waals surface area (Å²) in [5.41, 5.74) is 0. The lowest BCUT2D eigenvalue weighted by Gasteiger charge is -1.92. The van der Waals surface area contributed by atoms with Crippen LogP contribution in [-0.2, 0) is 0 Å². The molecule has 12 heavy (non-hydrogen) atoms. The molecule has 0 N–H and O–H groups in total. The lowest BCUT2D eigenvalue weighted by Crippen LogP contribution is -1.76. The second-order valence-electron chi connectivity index (χ2n) is 2.49. The normalized spacial score (nSPS) is 7.50. The molecule has 0 radical (unpaired) electrons. The first kappa shape index (κ1) is 10.5. The van der Waals surface area contributed by atoms with E-state index in [1.54, 1.807) is 6.07 Å². The molecule has 0 aliphatic heterocycles. The zero-order valence-electron chi connectivity index (χ0n) is 7.14. The minimum atomic E-state index is 0.657. The highest BCUT2D eigenvalue weighted by Crippen LogP contribution is 2.03. The molecule has 0 aromatic heterocycles. The highest BCUT2D eigenvalue weighted by molar-refractivity contribution is 5.16. The summed E-state index contributed by atoms with van der Waals surface area (Å²) >= 11 is 0. The van der Waals surface area contributed by atoms with Gasteiger partial charge in [0.2, 0.25) is 0 Å². The van der Waals surface area contributed by atoms with Crippen molar-refractivity contribution >= 4 is 0 Å². The maximum absolute atomic E-state index is 8.23. The van der Waals surface area contributed by atoms with Crippen molar-refractivity contribution in [3.8, 4) is 24.0 Å². The van der Waals surface area contributed by atoms with E-state index in [0.29, 0.717) is 6.42 Å². The van der Waals surface area contributed by atoms with Gasteiger partial charge in [0.1, 0.15) is 0 Å². The average Bonchev–Trinajstić information content (AvgIpc) is 2.10. The molecule has 0 amide bonds. The van der Waals surface area contributed by atoms with E-state index in [1.807, 2.05) is 0 Å². The molecule has 0 saturated carbocycles. The molecular weight excluding hydrogens is 148 g/mol. The summed E-state index contributed by atoms with van der Waals surface area (Å²) < 4.78 is 0. The van der Waals surface area contributed by atoms with Gasteiger partial charge < -0.3 is 0 Å². The Morgan fingerprint density at radius 1 is 0.833 bits per heavy atom. The van der Waals surface area contributed by atoms with E-state index >= 15 is 0 Å². The second kappa shape index (κ2) is 9.54. The largest absolute Gasteiger partial charge is 0.198 e. The van der Waals surface area contributed by atoms with Gasteiger partial charge in [-0.15, -0.1) is 0 Å². The van der Waals surface area contributed by atoms with Crippen molar-refractivity contribution in [1.29, 1.82) is 10.5 Å². The Labute approximate surface area is 73.8 Å². The van der Waals surface area contributed by atoms with Crippen LogP contribution in [0.5, 0.6) is 0 Å². The van der Waals surface area contributed by atoms with Crippen molar-refractivity contribution < 1.29 is 0 Å². The van der Waals surface area contributed by atoms with Crippen molar-refractivity contribution in [2.45, 2.75) is 38.5 Å². The number of hydrogen-bond acceptors (Lipinski definition) is 2. The summed E-state index contributed by atoms with van der Waals surface area (Å²) in [4.78, 5) is 0. The number of rotatable bonds is 5. The van der Waals surface area contributed by atoms with E-state index in [4.69, 9.17) is 10.5 Å². The third kappa shape index (κ3) is 8.54. The molecule has 0 unspecified atom stereocenters. The van der Waals surface area contributed by atoms with Crippen LogP contribution in [0.2, 0.25) is 0 Å². The molecule has 0 fully saturated rings. The van der Waals surface area contributed by atoms with E-state index in [1.165, 1.54) is 0 Å². The van der Waals surface area contributed by atoms with Crippen LogP contribution in [0.15, 0.2) is 0 Å². The Balaban J connectivity index is 3.03. The molecule has 0 aliphatic rings. The van der Waals surface area contributed by atoms with Crippen molar-refractivity contribution in [3.63, 3.8) is 0 Å². The molecule has 0 atom stereocenters. The van der Waals surface area contributed by atoms with Crippen LogP contribution in [0.3, 0.4) is 0 Å². The zero-order valence-corrected chi connectivity index (χ0v) is 7.14. The molecule has 0 aromatic rings. The third-order valence-electron chi connectivity index (χ3n) is 1.48. The molecule has 0 saturated heterocycles. The molecular formula is C10H12N2. The molecule has 0 rings (SSSR count). The Morgan fingerprint density at radius 3 is 2.08 bits per heavy atom. The molecule has 62 valence electrons. The summed E-state index contributed by atoms with van der Waals surface area (Å²) in [7, 11) is 0. The van der Waals surface area contributed by atoms with Gasteiger partial charge in [-0.2, -0.15) is 10.5 Å². The van der Waals surface area contributed by atoms with Crippen LogP contribution >= 0.6 is 0 Å². The average molecular weight is 160 g/mol. The smallest absolute Gasteiger partial charge is 0.152 e. The Morgan fingerprint density at radius 2 is 1.50 bits per heavy atom. The highest BCUT2D eigenvalue weighted by Gasteiger charge is 1.87. The Bertz CT molecular complexity index is 231. The van der Waals surface area contributed by atoms with E-state index in [2.05, 4.69) is 17.9 Å². The fourth-order valence-corrected chi connectivity index (χ4v) is 0.873. The fourth-order valence-electron chi connectivity index (χ4n) is 0.873. The monoisotopic (exact) mass is 160 g/mol.